The van der Waals surface area contributed by atoms with E-state index in [1.165, 1.54) is 28.6 Å². The van der Waals surface area contributed by atoms with E-state index in [0.29, 0.717) is 0 Å². The predicted octanol–water partition coefficient (Wildman–Crippen LogP) is 4.22. The van der Waals surface area contributed by atoms with Crippen molar-refractivity contribution in [1.29, 1.82) is 0 Å². The number of nitro benzene ring substituents is 1. The lowest BCUT2D eigenvalue weighted by atomic mass is 9.96. The van der Waals surface area contributed by atoms with Gasteiger partial charge in [-0.15, -0.1) is 0 Å². The van der Waals surface area contributed by atoms with E-state index in [1.807, 2.05) is 0 Å². The summed E-state index contributed by atoms with van der Waals surface area (Å²) in [6.45, 7) is -0.546. The molecule has 1 aliphatic rings. The number of para-hydroxylation sites is 1. The van der Waals surface area contributed by atoms with Gasteiger partial charge in [0, 0.05) is 24.2 Å². The van der Waals surface area contributed by atoms with Crippen molar-refractivity contribution in [3.05, 3.63) is 57.6 Å². The molecule has 2 aromatic rings. The van der Waals surface area contributed by atoms with Gasteiger partial charge < -0.3 is 10.1 Å². The molecule has 0 atom stereocenters. The van der Waals surface area contributed by atoms with Crippen LogP contribution in [0.1, 0.15) is 32.1 Å². The lowest BCUT2D eigenvalue weighted by Crippen LogP contribution is -2.38. The Labute approximate surface area is 191 Å². The monoisotopic (exact) mass is 481 g/mol. The largest absolute Gasteiger partial charge is 0.477 e. The van der Waals surface area contributed by atoms with Crippen LogP contribution in [0.3, 0.4) is 0 Å². The number of rotatable bonds is 8. The first-order valence-corrected chi connectivity index (χ1v) is 12.0. The second-order valence-electron chi connectivity index (χ2n) is 7.52. The highest BCUT2D eigenvalue weighted by Crippen LogP contribution is 2.31. The fraction of sp³-hybridized carbons (Fsp3) is 0.381. The normalized spacial score (nSPS) is 14.8. The molecule has 0 spiro atoms. The molecule has 1 saturated carbocycles. The summed E-state index contributed by atoms with van der Waals surface area (Å²) in [7, 11) is -2.27. The van der Waals surface area contributed by atoms with Crippen LogP contribution in [-0.4, -0.2) is 43.2 Å². The molecule has 32 heavy (non-hydrogen) atoms. The molecule has 2 aromatic carbocycles. The summed E-state index contributed by atoms with van der Waals surface area (Å²) in [6, 6.07) is 9.88. The van der Waals surface area contributed by atoms with Crippen molar-refractivity contribution in [3.63, 3.8) is 0 Å². The summed E-state index contributed by atoms with van der Waals surface area (Å²) in [5.74, 6) is -0.773. The molecule has 9 nitrogen and oxygen atoms in total. The maximum atomic E-state index is 13.2. The van der Waals surface area contributed by atoms with Gasteiger partial charge in [0.25, 0.3) is 5.91 Å². The van der Waals surface area contributed by atoms with Gasteiger partial charge in [0.15, 0.2) is 12.4 Å². The number of hydrogen-bond acceptors (Lipinski definition) is 6. The summed E-state index contributed by atoms with van der Waals surface area (Å²) in [6.07, 6.45) is 4.67. The van der Waals surface area contributed by atoms with Crippen LogP contribution in [0, 0.1) is 10.1 Å². The van der Waals surface area contributed by atoms with Crippen LogP contribution in [0.4, 0.5) is 11.4 Å². The Morgan fingerprint density at radius 3 is 2.59 bits per heavy atom. The van der Waals surface area contributed by atoms with Gasteiger partial charge in [0.1, 0.15) is 4.90 Å². The zero-order valence-electron chi connectivity index (χ0n) is 17.5. The number of carbonyl (C=O) groups excluding carboxylic acids is 1. The van der Waals surface area contributed by atoms with Crippen LogP contribution in [0.2, 0.25) is 5.02 Å². The molecular weight excluding hydrogens is 458 g/mol. The predicted molar refractivity (Wildman–Crippen MR) is 120 cm³/mol. The topological polar surface area (TPSA) is 119 Å². The molecule has 0 unspecified atom stereocenters. The number of carbonyl (C=O) groups is 1. The van der Waals surface area contributed by atoms with Gasteiger partial charge in [-0.05, 0) is 37.1 Å². The first-order chi connectivity index (χ1) is 15.2. The molecule has 0 radical (unpaired) electrons. The fourth-order valence-corrected chi connectivity index (χ4v) is 5.40. The SMILES string of the molecule is CN(C1CCCCC1)S(=O)(=O)c1ccccc1NC(=O)COc1ccc(Cl)cc1[N+](=O)[O-]. The van der Waals surface area contributed by atoms with Crippen molar-refractivity contribution in [2.75, 3.05) is 19.0 Å². The summed E-state index contributed by atoms with van der Waals surface area (Å²) in [5, 5.41) is 13.9. The van der Waals surface area contributed by atoms with Crippen LogP contribution in [0.25, 0.3) is 0 Å². The number of hydrogen-bond donors (Lipinski definition) is 1. The van der Waals surface area contributed by atoms with Crippen molar-refractivity contribution in [2.24, 2.45) is 0 Å². The highest BCUT2D eigenvalue weighted by Gasteiger charge is 2.31. The van der Waals surface area contributed by atoms with Crippen molar-refractivity contribution in [1.82, 2.24) is 4.31 Å². The Balaban J connectivity index is 1.74. The van der Waals surface area contributed by atoms with Gasteiger partial charge in [-0.1, -0.05) is 43.0 Å². The van der Waals surface area contributed by atoms with Crippen LogP contribution in [0.5, 0.6) is 5.75 Å². The molecule has 0 aliphatic heterocycles. The Kier molecular flexibility index (Phi) is 7.70. The molecule has 3 rings (SSSR count). The average Bonchev–Trinajstić information content (AvgIpc) is 2.78. The number of ether oxygens (including phenoxy) is 1. The third-order valence-corrected chi connectivity index (χ3v) is 7.59. The lowest BCUT2D eigenvalue weighted by Gasteiger charge is -2.30. The Morgan fingerprint density at radius 2 is 1.91 bits per heavy atom. The summed E-state index contributed by atoms with van der Waals surface area (Å²) in [4.78, 5) is 22.9. The van der Waals surface area contributed by atoms with Crippen molar-refractivity contribution < 1.29 is 22.9 Å². The minimum absolute atomic E-state index is 0.0149. The van der Waals surface area contributed by atoms with Gasteiger partial charge in [0.2, 0.25) is 10.0 Å². The van der Waals surface area contributed by atoms with E-state index in [9.17, 15) is 23.3 Å². The zero-order valence-corrected chi connectivity index (χ0v) is 19.1. The van der Waals surface area contributed by atoms with E-state index >= 15 is 0 Å². The number of nitro groups is 1. The Bertz CT molecular complexity index is 1100. The van der Waals surface area contributed by atoms with E-state index in [2.05, 4.69) is 5.32 Å². The third kappa shape index (κ3) is 5.56. The molecule has 0 heterocycles. The zero-order chi connectivity index (χ0) is 23.3. The van der Waals surface area contributed by atoms with E-state index in [0.717, 1.165) is 38.2 Å². The lowest BCUT2D eigenvalue weighted by molar-refractivity contribution is -0.385. The first-order valence-electron chi connectivity index (χ1n) is 10.1. The summed E-state index contributed by atoms with van der Waals surface area (Å²) < 4.78 is 33.1. The van der Waals surface area contributed by atoms with Gasteiger partial charge in [-0.3, -0.25) is 14.9 Å². The Morgan fingerprint density at radius 1 is 1.22 bits per heavy atom. The van der Waals surface area contributed by atoms with Crippen LogP contribution < -0.4 is 10.1 Å². The molecule has 1 fully saturated rings. The third-order valence-electron chi connectivity index (χ3n) is 5.38. The number of nitrogens with zero attached hydrogens (tertiary/aromatic N) is 2. The molecule has 172 valence electrons. The highest BCUT2D eigenvalue weighted by atomic mass is 35.5. The first kappa shape index (κ1) is 24.0. The standard InChI is InChI=1S/C21H24ClN3O6S/c1-24(16-7-3-2-4-8-16)32(29,30)20-10-6-5-9-17(20)23-21(26)14-31-19-12-11-15(22)13-18(19)25(27)28/h5-6,9-13,16H,2-4,7-8,14H2,1H3,(H,23,26). The number of nitrogens with one attached hydrogen (secondary N) is 1. The molecule has 0 aromatic heterocycles. The van der Waals surface area contributed by atoms with Gasteiger partial charge in [-0.2, -0.15) is 4.31 Å². The maximum absolute atomic E-state index is 13.2. The second-order valence-corrected chi connectivity index (χ2v) is 9.92. The quantitative estimate of drug-likeness (QED) is 0.445. The average molecular weight is 482 g/mol. The smallest absolute Gasteiger partial charge is 0.312 e. The summed E-state index contributed by atoms with van der Waals surface area (Å²) >= 11 is 5.77. The molecule has 0 saturated heterocycles. The van der Waals surface area contributed by atoms with E-state index in [4.69, 9.17) is 16.3 Å². The van der Waals surface area contributed by atoms with E-state index in [-0.39, 0.29) is 33.1 Å². The molecular formula is C21H24ClN3O6S. The van der Waals surface area contributed by atoms with Crippen LogP contribution >= 0.6 is 11.6 Å². The van der Waals surface area contributed by atoms with Crippen molar-refractivity contribution >= 4 is 38.9 Å². The van der Waals surface area contributed by atoms with Crippen molar-refractivity contribution in [3.8, 4) is 5.75 Å². The van der Waals surface area contributed by atoms with Gasteiger partial charge in [-0.25, -0.2) is 8.42 Å². The van der Waals surface area contributed by atoms with E-state index < -0.39 is 27.5 Å². The second kappa shape index (κ2) is 10.3. The molecule has 1 amide bonds. The van der Waals surface area contributed by atoms with Crippen LogP contribution in [0.15, 0.2) is 47.4 Å². The number of benzene rings is 2. The van der Waals surface area contributed by atoms with Gasteiger partial charge >= 0.3 is 5.69 Å². The summed E-state index contributed by atoms with van der Waals surface area (Å²) in [5.41, 5.74) is -0.253. The number of anilines is 1. The minimum atomic E-state index is -3.83. The van der Waals surface area contributed by atoms with Crippen molar-refractivity contribution in [2.45, 2.75) is 43.0 Å². The fourth-order valence-electron chi connectivity index (χ4n) is 3.68. The molecule has 11 heteroatoms. The Hall–Kier alpha value is -2.69. The number of amides is 1. The van der Waals surface area contributed by atoms with Crippen LogP contribution in [-0.2, 0) is 14.8 Å². The van der Waals surface area contributed by atoms with E-state index in [1.54, 1.807) is 19.2 Å². The number of sulfonamides is 1. The highest BCUT2D eigenvalue weighted by molar-refractivity contribution is 7.89. The number of halogens is 1. The van der Waals surface area contributed by atoms with Gasteiger partial charge in [0.05, 0.1) is 10.6 Å². The molecule has 1 aliphatic carbocycles. The minimum Gasteiger partial charge on any atom is -0.477 e. The molecule has 0 bridgehead atoms. The molecule has 1 N–H and O–H groups in total. The maximum Gasteiger partial charge on any atom is 0.312 e.